The molecule has 0 amide bonds. The number of nitrogens with two attached hydrogens (primary N) is 1. The van der Waals surface area contributed by atoms with Crippen LogP contribution >= 0.6 is 0 Å². The maximum Gasteiger partial charge on any atom is 0.356 e. The lowest BCUT2D eigenvalue weighted by Crippen LogP contribution is -2.06. The fraction of sp³-hybridized carbons (Fsp3) is 0.250. The lowest BCUT2D eigenvalue weighted by molar-refractivity contribution is -0.132. The van der Waals surface area contributed by atoms with Crippen LogP contribution in [0.3, 0.4) is 0 Å². The number of carbonyl (C=O) groups is 1. The summed E-state index contributed by atoms with van der Waals surface area (Å²) in [6.45, 7) is 10.3. The average molecular weight is 170 g/mol. The zero-order chi connectivity index (χ0) is 10.1. The summed E-state index contributed by atoms with van der Waals surface area (Å²) in [4.78, 5) is 13.4. The van der Waals surface area contributed by atoms with Crippen LogP contribution in [0.15, 0.2) is 29.0 Å². The number of hydrogen-bond donors (Lipinski definition) is 2. The van der Waals surface area contributed by atoms with Crippen molar-refractivity contribution in [3.63, 3.8) is 0 Å². The normalized spacial score (nSPS) is 10.2. The number of carboxylic acids is 1. The molecule has 0 saturated carbocycles. The summed E-state index contributed by atoms with van der Waals surface area (Å²) in [6.07, 6.45) is 1.21. The third-order valence-electron chi connectivity index (χ3n) is 0.854. The quantitative estimate of drug-likeness (QED) is 0.379. The molecule has 0 aromatic heterocycles. The van der Waals surface area contributed by atoms with E-state index in [2.05, 4.69) is 18.3 Å². The van der Waals surface area contributed by atoms with Gasteiger partial charge in [0.15, 0.2) is 5.70 Å². The second-order valence-electron chi connectivity index (χ2n) is 1.47. The Bertz CT molecular complexity index is 207. The molecule has 0 spiro atoms. The van der Waals surface area contributed by atoms with Gasteiger partial charge in [0.25, 0.3) is 0 Å². The van der Waals surface area contributed by atoms with E-state index in [1.54, 1.807) is 0 Å². The third-order valence-corrected chi connectivity index (χ3v) is 0.854. The van der Waals surface area contributed by atoms with Crippen LogP contribution in [-0.2, 0) is 4.79 Å². The summed E-state index contributed by atoms with van der Waals surface area (Å²) >= 11 is 0. The molecule has 3 N–H and O–H groups in total. The predicted octanol–water partition coefficient (Wildman–Crippen LogP) is 1.15. The van der Waals surface area contributed by atoms with E-state index in [0.717, 1.165) is 0 Å². The van der Waals surface area contributed by atoms with E-state index >= 15 is 0 Å². The number of rotatable bonds is 3. The van der Waals surface area contributed by atoms with Crippen molar-refractivity contribution in [3.05, 3.63) is 24.0 Å². The van der Waals surface area contributed by atoms with Crippen molar-refractivity contribution in [2.75, 3.05) is 0 Å². The first-order chi connectivity index (χ1) is 5.63. The first-order valence-corrected chi connectivity index (χ1v) is 3.45. The molecule has 0 radical (unpaired) electrons. The molecule has 4 heteroatoms. The number of nitrogens with zero attached hydrogens (tertiary/aromatic N) is 1. The Kier molecular flexibility index (Phi) is 8.18. The summed E-state index contributed by atoms with van der Waals surface area (Å²) in [5, 5.41) is 8.36. The van der Waals surface area contributed by atoms with E-state index in [9.17, 15) is 4.79 Å². The Balaban J connectivity index is 0. The van der Waals surface area contributed by atoms with Gasteiger partial charge in [0.1, 0.15) is 0 Å². The minimum Gasteiger partial charge on any atom is -0.476 e. The van der Waals surface area contributed by atoms with Gasteiger partial charge in [-0.05, 0) is 12.8 Å². The van der Waals surface area contributed by atoms with Crippen molar-refractivity contribution < 1.29 is 9.90 Å². The smallest absolute Gasteiger partial charge is 0.356 e. The van der Waals surface area contributed by atoms with E-state index in [1.807, 2.05) is 13.8 Å². The number of aliphatic carboxylic acids is 1. The van der Waals surface area contributed by atoms with E-state index in [4.69, 9.17) is 10.8 Å². The van der Waals surface area contributed by atoms with Crippen molar-refractivity contribution in [1.82, 2.24) is 0 Å². The largest absolute Gasteiger partial charge is 0.476 e. The Morgan fingerprint density at radius 1 is 1.58 bits per heavy atom. The molecule has 4 nitrogen and oxygen atoms in total. The number of allylic oxidation sites excluding steroid dienone is 1. The lowest BCUT2D eigenvalue weighted by atomic mass is 10.3. The van der Waals surface area contributed by atoms with Crippen LogP contribution < -0.4 is 5.73 Å². The molecule has 0 aromatic rings. The highest BCUT2D eigenvalue weighted by Crippen LogP contribution is 1.99. The minimum atomic E-state index is -1.20. The van der Waals surface area contributed by atoms with Crippen LogP contribution in [0.2, 0.25) is 0 Å². The van der Waals surface area contributed by atoms with Gasteiger partial charge in [-0.3, -0.25) is 4.99 Å². The molecule has 0 saturated heterocycles. The molecule has 0 unspecified atom stereocenters. The Morgan fingerprint density at radius 2 is 2.00 bits per heavy atom. The van der Waals surface area contributed by atoms with Gasteiger partial charge in [0.2, 0.25) is 0 Å². The molecule has 0 aromatic carbocycles. The van der Waals surface area contributed by atoms with Crippen LogP contribution in [-0.4, -0.2) is 17.8 Å². The topological polar surface area (TPSA) is 75.7 Å². The average Bonchev–Trinajstić information content (AvgIpc) is 2.08. The van der Waals surface area contributed by atoms with Gasteiger partial charge in [0, 0.05) is 0 Å². The Hall–Kier alpha value is -1.58. The van der Waals surface area contributed by atoms with Crippen molar-refractivity contribution >= 4 is 12.7 Å². The molecule has 0 heterocycles. The molecule has 0 aliphatic heterocycles. The molecule has 0 atom stereocenters. The molecule has 0 rings (SSSR count). The first-order valence-electron chi connectivity index (χ1n) is 3.45. The molecule has 0 fully saturated rings. The lowest BCUT2D eigenvalue weighted by Gasteiger charge is -1.94. The fourth-order valence-corrected chi connectivity index (χ4v) is 0.379. The summed E-state index contributed by atoms with van der Waals surface area (Å²) < 4.78 is 0. The number of aliphatic imine (C=N–C) groups is 1. The summed E-state index contributed by atoms with van der Waals surface area (Å²) in [6, 6.07) is 0. The van der Waals surface area contributed by atoms with Crippen LogP contribution in [0.1, 0.15) is 13.8 Å². The highest BCUT2D eigenvalue weighted by molar-refractivity contribution is 5.88. The van der Waals surface area contributed by atoms with Gasteiger partial charge < -0.3 is 10.8 Å². The molecule has 0 aliphatic carbocycles. The van der Waals surface area contributed by atoms with E-state index in [0.29, 0.717) is 0 Å². The zero-order valence-corrected chi connectivity index (χ0v) is 7.37. The van der Waals surface area contributed by atoms with Crippen molar-refractivity contribution in [3.8, 4) is 0 Å². The van der Waals surface area contributed by atoms with Crippen LogP contribution in [0.5, 0.6) is 0 Å². The second kappa shape index (κ2) is 7.53. The Morgan fingerprint density at radius 3 is 2.08 bits per heavy atom. The number of carboxylic acid groups (broad SMARTS) is 1. The van der Waals surface area contributed by atoms with Gasteiger partial charge in [0.05, 0.1) is 5.70 Å². The standard InChI is InChI=1S/C6H8N2O2.C2H6/c1-3-4(7)5(8-2)6(9)10;1-2/h3H,1-2,7H2,(H,9,10);1-2H3/b5-4+;. The second-order valence-corrected chi connectivity index (χ2v) is 1.47. The SMILES string of the molecule is C=C/C(N)=C(\N=C)C(=O)O.CC. The molecular weight excluding hydrogens is 156 g/mol. The van der Waals surface area contributed by atoms with Crippen molar-refractivity contribution in [2.45, 2.75) is 13.8 Å². The van der Waals surface area contributed by atoms with Crippen molar-refractivity contribution in [2.24, 2.45) is 10.7 Å². The van der Waals surface area contributed by atoms with E-state index < -0.39 is 5.97 Å². The van der Waals surface area contributed by atoms with E-state index in [1.165, 1.54) is 6.08 Å². The van der Waals surface area contributed by atoms with Crippen molar-refractivity contribution in [1.29, 1.82) is 0 Å². The molecular formula is C8H14N2O2. The van der Waals surface area contributed by atoms with Gasteiger partial charge >= 0.3 is 5.97 Å². The van der Waals surface area contributed by atoms with Crippen LogP contribution in [0.4, 0.5) is 0 Å². The third kappa shape index (κ3) is 4.27. The number of hydrogen-bond acceptors (Lipinski definition) is 3. The zero-order valence-electron chi connectivity index (χ0n) is 7.37. The highest BCUT2D eigenvalue weighted by Gasteiger charge is 2.06. The minimum absolute atomic E-state index is 0.0162. The molecule has 0 bridgehead atoms. The van der Waals surface area contributed by atoms with Gasteiger partial charge in [-0.15, -0.1) is 0 Å². The summed E-state index contributed by atoms with van der Waals surface area (Å²) in [5.74, 6) is -1.20. The van der Waals surface area contributed by atoms with Crippen LogP contribution in [0, 0.1) is 0 Å². The first kappa shape index (κ1) is 13.0. The summed E-state index contributed by atoms with van der Waals surface area (Å²) in [5.41, 5.74) is 4.92. The Labute approximate surface area is 72.1 Å². The summed E-state index contributed by atoms with van der Waals surface area (Å²) in [7, 11) is 0. The maximum absolute atomic E-state index is 10.2. The molecule has 0 aliphatic rings. The monoisotopic (exact) mass is 170 g/mol. The molecule has 12 heavy (non-hydrogen) atoms. The van der Waals surface area contributed by atoms with Gasteiger partial charge in [-0.25, -0.2) is 4.79 Å². The predicted molar refractivity (Wildman–Crippen MR) is 49.9 cm³/mol. The van der Waals surface area contributed by atoms with Crippen LogP contribution in [0.25, 0.3) is 0 Å². The fourth-order valence-electron chi connectivity index (χ4n) is 0.379. The van der Waals surface area contributed by atoms with Gasteiger partial charge in [-0.1, -0.05) is 20.4 Å². The maximum atomic E-state index is 10.2. The van der Waals surface area contributed by atoms with E-state index in [-0.39, 0.29) is 11.4 Å². The van der Waals surface area contributed by atoms with Gasteiger partial charge in [-0.2, -0.15) is 0 Å². The highest BCUT2D eigenvalue weighted by atomic mass is 16.4. The molecule has 68 valence electrons.